The van der Waals surface area contributed by atoms with E-state index in [1.54, 1.807) is 14.0 Å². The Labute approximate surface area is 217 Å². The lowest BCUT2D eigenvalue weighted by Crippen LogP contribution is -2.56. The van der Waals surface area contributed by atoms with E-state index in [0.29, 0.717) is 42.3 Å². The molecule has 8 heteroatoms. The first kappa shape index (κ1) is 26.2. The number of carbonyl (C=O) groups excluding carboxylic acids is 2. The number of hydroxylamine groups is 2. The minimum Gasteiger partial charge on any atom is -0.434 e. The highest BCUT2D eigenvalue weighted by Gasteiger charge is 2.56. The molecule has 2 aliphatic rings. The first-order chi connectivity index (χ1) is 17.1. The average Bonchev–Trinajstić information content (AvgIpc) is 3.02. The number of ether oxygens (including phenoxy) is 2. The number of anilines is 1. The summed E-state index contributed by atoms with van der Waals surface area (Å²) in [6.45, 7) is 10.9. The molecule has 2 aromatic rings. The van der Waals surface area contributed by atoms with Crippen molar-refractivity contribution in [3.8, 4) is 0 Å². The Morgan fingerprint density at radius 3 is 2.22 bits per heavy atom. The largest absolute Gasteiger partial charge is 0.513 e. The fraction of sp³-hybridized carbons (Fsp3) is 0.429. The van der Waals surface area contributed by atoms with Crippen molar-refractivity contribution in [1.29, 1.82) is 0 Å². The van der Waals surface area contributed by atoms with Gasteiger partial charge in [0.05, 0.1) is 19.3 Å². The van der Waals surface area contributed by atoms with Gasteiger partial charge in [-0.1, -0.05) is 29.3 Å². The molecule has 2 aromatic carbocycles. The minimum atomic E-state index is -0.882. The van der Waals surface area contributed by atoms with Gasteiger partial charge in [0.15, 0.2) is 5.76 Å². The molecule has 36 heavy (non-hydrogen) atoms. The summed E-state index contributed by atoms with van der Waals surface area (Å²) in [5.41, 5.74) is 4.75. The van der Waals surface area contributed by atoms with Crippen molar-refractivity contribution in [2.75, 3.05) is 31.7 Å². The van der Waals surface area contributed by atoms with Crippen molar-refractivity contribution in [2.24, 2.45) is 0 Å². The Kier molecular flexibility index (Phi) is 7.46. The number of carbonyl (C=O) groups is 2. The Morgan fingerprint density at radius 2 is 1.67 bits per heavy atom. The molecule has 1 saturated heterocycles. The van der Waals surface area contributed by atoms with E-state index in [1.807, 2.05) is 61.9 Å². The van der Waals surface area contributed by atoms with Crippen molar-refractivity contribution in [1.82, 2.24) is 5.06 Å². The fourth-order valence-corrected chi connectivity index (χ4v) is 5.85. The highest BCUT2D eigenvalue weighted by atomic mass is 35.5. The Bertz CT molecular complexity index is 1210. The molecule has 0 radical (unpaired) electrons. The topological polar surface area (TPSA) is 68.3 Å². The maximum atomic E-state index is 14.5. The van der Waals surface area contributed by atoms with Crippen LogP contribution in [0.1, 0.15) is 47.6 Å². The molecular weight excluding hydrogens is 480 g/mol. The summed E-state index contributed by atoms with van der Waals surface area (Å²) in [7, 11) is 1.64. The van der Waals surface area contributed by atoms with Gasteiger partial charge in [-0.15, -0.1) is 0 Å². The maximum Gasteiger partial charge on any atom is 0.513 e. The maximum absolute atomic E-state index is 14.5. The van der Waals surface area contributed by atoms with Crippen molar-refractivity contribution in [3.63, 3.8) is 0 Å². The van der Waals surface area contributed by atoms with Gasteiger partial charge in [-0.2, -0.15) is 5.06 Å². The van der Waals surface area contributed by atoms with E-state index in [-0.39, 0.29) is 12.5 Å². The van der Waals surface area contributed by atoms with Gasteiger partial charge in [0.2, 0.25) is 0 Å². The van der Waals surface area contributed by atoms with E-state index in [2.05, 4.69) is 6.07 Å². The van der Waals surface area contributed by atoms with E-state index >= 15 is 0 Å². The predicted octanol–water partition coefficient (Wildman–Crippen LogP) is 5.90. The fourth-order valence-electron chi connectivity index (χ4n) is 5.53. The Morgan fingerprint density at radius 1 is 1.03 bits per heavy atom. The number of piperidine rings is 1. The van der Waals surface area contributed by atoms with Crippen LogP contribution in [0.5, 0.6) is 0 Å². The molecule has 7 nitrogen and oxygen atoms in total. The van der Waals surface area contributed by atoms with Gasteiger partial charge < -0.3 is 14.3 Å². The van der Waals surface area contributed by atoms with Gasteiger partial charge in [0.1, 0.15) is 5.54 Å². The lowest BCUT2D eigenvalue weighted by atomic mass is 9.83. The van der Waals surface area contributed by atoms with Crippen molar-refractivity contribution in [3.05, 3.63) is 68.9 Å². The zero-order valence-corrected chi connectivity index (χ0v) is 22.5. The molecule has 0 aromatic heterocycles. The molecule has 1 spiro atoms. The van der Waals surface area contributed by atoms with E-state index in [0.717, 1.165) is 33.5 Å². The molecule has 0 N–H and O–H groups in total. The smallest absolute Gasteiger partial charge is 0.434 e. The number of benzene rings is 2. The second-order valence-electron chi connectivity index (χ2n) is 9.48. The van der Waals surface area contributed by atoms with Crippen molar-refractivity contribution >= 4 is 34.9 Å². The number of aryl methyl sites for hydroxylation is 4. The van der Waals surface area contributed by atoms with E-state index in [4.69, 9.17) is 25.9 Å². The number of amides is 1. The summed E-state index contributed by atoms with van der Waals surface area (Å²) in [6.07, 6.45) is 0.214. The predicted molar refractivity (Wildman–Crippen MR) is 140 cm³/mol. The third-order valence-electron chi connectivity index (χ3n) is 7.09. The number of rotatable bonds is 5. The second kappa shape index (κ2) is 10.2. The average molecular weight is 513 g/mol. The molecule has 1 amide bonds. The summed E-state index contributed by atoms with van der Waals surface area (Å²) in [6, 6.07) is 9.68. The Balaban J connectivity index is 2.00. The van der Waals surface area contributed by atoms with Crippen LogP contribution < -0.4 is 4.90 Å². The van der Waals surface area contributed by atoms with Crippen LogP contribution in [0.4, 0.5) is 10.5 Å². The van der Waals surface area contributed by atoms with E-state index in [9.17, 15) is 9.59 Å². The van der Waals surface area contributed by atoms with Crippen molar-refractivity contribution < 1.29 is 23.9 Å². The minimum absolute atomic E-state index is 0.166. The third kappa shape index (κ3) is 4.51. The summed E-state index contributed by atoms with van der Waals surface area (Å²) < 4.78 is 11.1. The molecule has 0 unspecified atom stereocenters. The summed E-state index contributed by atoms with van der Waals surface area (Å²) in [4.78, 5) is 34.5. The first-order valence-corrected chi connectivity index (χ1v) is 12.6. The van der Waals surface area contributed by atoms with Crippen LogP contribution in [-0.2, 0) is 19.1 Å². The van der Waals surface area contributed by atoms with Gasteiger partial charge in [-0.05, 0) is 87.9 Å². The number of nitrogens with zero attached hydrogens (tertiary/aromatic N) is 2. The highest BCUT2D eigenvalue weighted by molar-refractivity contribution is 6.33. The Hall–Kier alpha value is -2.87. The number of halogens is 1. The summed E-state index contributed by atoms with van der Waals surface area (Å²) in [5, 5.41) is 2.44. The molecule has 0 saturated carbocycles. The van der Waals surface area contributed by atoms with Gasteiger partial charge in [0.25, 0.3) is 5.91 Å². The van der Waals surface area contributed by atoms with Crippen LogP contribution >= 0.6 is 11.6 Å². The van der Waals surface area contributed by atoms with Gasteiger partial charge in [-0.3, -0.25) is 9.69 Å². The van der Waals surface area contributed by atoms with Crippen LogP contribution in [0.15, 0.2) is 36.1 Å². The SMILES string of the molecule is CCOC(=O)OC1=C(c2c(C)cc(Cl)cc2C)C(=O)N(c2ccc(C)cc2C)C12CCN(OC)CC2. The zero-order valence-electron chi connectivity index (χ0n) is 21.7. The van der Waals surface area contributed by atoms with Crippen molar-refractivity contribution in [2.45, 2.75) is 53.0 Å². The third-order valence-corrected chi connectivity index (χ3v) is 7.31. The standard InChI is InChI=1S/C28H33ClN2O5/c1-7-35-27(33)36-25-24(23-19(4)15-21(29)16-20(23)5)26(32)31(22-9-8-17(2)14-18(22)3)28(25)10-12-30(34-6)13-11-28/h8-9,14-16H,7,10-13H2,1-6H3. The molecule has 4 rings (SSSR count). The number of hydrogen-bond donors (Lipinski definition) is 0. The molecule has 2 heterocycles. The van der Waals surface area contributed by atoms with Gasteiger partial charge >= 0.3 is 6.16 Å². The van der Waals surface area contributed by atoms with E-state index in [1.165, 1.54) is 0 Å². The molecule has 192 valence electrons. The molecule has 0 atom stereocenters. The quantitative estimate of drug-likeness (QED) is 0.464. The zero-order chi connectivity index (χ0) is 26.2. The number of hydrogen-bond acceptors (Lipinski definition) is 6. The van der Waals surface area contributed by atoms with Crippen LogP contribution in [0.2, 0.25) is 5.02 Å². The highest BCUT2D eigenvalue weighted by Crippen LogP contribution is 2.50. The lowest BCUT2D eigenvalue weighted by Gasteiger charge is -2.45. The van der Waals surface area contributed by atoms with Crippen LogP contribution in [0.3, 0.4) is 0 Å². The molecule has 0 aliphatic carbocycles. The van der Waals surface area contributed by atoms with Gasteiger partial charge in [0, 0.05) is 23.8 Å². The molecule has 2 aliphatic heterocycles. The molecule has 1 fully saturated rings. The van der Waals surface area contributed by atoms with Crippen LogP contribution in [0.25, 0.3) is 5.57 Å². The molecular formula is C28H33ClN2O5. The second-order valence-corrected chi connectivity index (χ2v) is 9.91. The van der Waals surface area contributed by atoms with E-state index < -0.39 is 11.7 Å². The van der Waals surface area contributed by atoms with Crippen LogP contribution in [0, 0.1) is 27.7 Å². The van der Waals surface area contributed by atoms with Crippen LogP contribution in [-0.4, -0.2) is 49.5 Å². The summed E-state index contributed by atoms with van der Waals surface area (Å²) >= 11 is 6.33. The first-order valence-electron chi connectivity index (χ1n) is 12.2. The lowest BCUT2D eigenvalue weighted by molar-refractivity contribution is -0.150. The summed E-state index contributed by atoms with van der Waals surface area (Å²) in [5.74, 6) is 0.121. The normalized spacial score (nSPS) is 17.8. The molecule has 0 bridgehead atoms. The van der Waals surface area contributed by atoms with Gasteiger partial charge in [-0.25, -0.2) is 4.79 Å². The monoisotopic (exact) mass is 512 g/mol.